The number of fused-ring (bicyclic) bond motifs is 1. The normalized spacial score (nSPS) is 19.1. The molecule has 1 aliphatic heterocycles. The van der Waals surface area contributed by atoms with Gasteiger partial charge in [0.25, 0.3) is 5.91 Å². The molecule has 0 fully saturated rings. The monoisotopic (exact) mass is 366 g/mol. The van der Waals surface area contributed by atoms with Crippen LogP contribution in [-0.2, 0) is 9.53 Å². The van der Waals surface area contributed by atoms with Crippen molar-refractivity contribution in [2.24, 2.45) is 0 Å². The van der Waals surface area contributed by atoms with Crippen molar-refractivity contribution in [3.05, 3.63) is 71.3 Å². The number of carbonyl (C=O) groups is 2. The molecular weight excluding hydrogens is 340 g/mol. The fourth-order valence-corrected chi connectivity index (χ4v) is 3.71. The van der Waals surface area contributed by atoms with Crippen molar-refractivity contribution in [1.29, 1.82) is 0 Å². The summed E-state index contributed by atoms with van der Waals surface area (Å²) in [5.74, 6) is -0.605. The summed E-state index contributed by atoms with van der Waals surface area (Å²) >= 11 is 0. The van der Waals surface area contributed by atoms with Gasteiger partial charge in [-0.05, 0) is 31.0 Å². The topological polar surface area (TPSA) is 58.6 Å². The van der Waals surface area contributed by atoms with E-state index in [0.717, 1.165) is 11.1 Å². The van der Waals surface area contributed by atoms with E-state index in [1.807, 2.05) is 62.4 Å². The molecule has 0 saturated carbocycles. The summed E-state index contributed by atoms with van der Waals surface area (Å²) in [6, 6.07) is 16.8. The lowest BCUT2D eigenvalue weighted by molar-refractivity contribution is -0.124. The second-order valence-electron chi connectivity index (χ2n) is 7.08. The zero-order valence-corrected chi connectivity index (χ0v) is 16.0. The number of hydrogen-bond donors (Lipinski definition) is 1. The van der Waals surface area contributed by atoms with Gasteiger partial charge in [-0.25, -0.2) is 0 Å². The van der Waals surface area contributed by atoms with Gasteiger partial charge in [-0.3, -0.25) is 9.59 Å². The van der Waals surface area contributed by atoms with Crippen molar-refractivity contribution in [3.63, 3.8) is 0 Å². The van der Waals surface area contributed by atoms with Crippen LogP contribution in [0.2, 0.25) is 0 Å². The summed E-state index contributed by atoms with van der Waals surface area (Å²) in [6.45, 7) is 4.72. The first-order chi connectivity index (χ1) is 13.0. The van der Waals surface area contributed by atoms with Gasteiger partial charge in [0.2, 0.25) is 5.91 Å². The molecule has 1 heterocycles. The molecule has 0 bridgehead atoms. The van der Waals surface area contributed by atoms with Crippen LogP contribution in [0.5, 0.6) is 0 Å². The molecule has 2 aromatic rings. The van der Waals surface area contributed by atoms with E-state index in [-0.39, 0.29) is 23.9 Å². The Morgan fingerprint density at radius 3 is 2.44 bits per heavy atom. The minimum absolute atomic E-state index is 0.0196. The molecule has 0 spiro atoms. The quantitative estimate of drug-likeness (QED) is 0.854. The van der Waals surface area contributed by atoms with E-state index in [0.29, 0.717) is 18.7 Å². The molecular formula is C22H26N2O3. The molecule has 0 unspecified atom stereocenters. The predicted molar refractivity (Wildman–Crippen MR) is 105 cm³/mol. The Morgan fingerprint density at radius 1 is 1.11 bits per heavy atom. The molecule has 1 N–H and O–H groups in total. The average Bonchev–Trinajstić information content (AvgIpc) is 2.67. The van der Waals surface area contributed by atoms with Crippen LogP contribution in [0.4, 0.5) is 0 Å². The highest BCUT2D eigenvalue weighted by Gasteiger charge is 2.43. The van der Waals surface area contributed by atoms with Crippen LogP contribution in [0.1, 0.15) is 47.3 Å². The summed E-state index contributed by atoms with van der Waals surface area (Å²) in [6.07, 6.45) is 0. The van der Waals surface area contributed by atoms with E-state index in [9.17, 15) is 9.59 Å². The minimum Gasteiger partial charge on any atom is -0.383 e. The number of benzene rings is 2. The molecule has 27 heavy (non-hydrogen) atoms. The zero-order chi connectivity index (χ0) is 19.4. The SMILES string of the molecule is COCCN1C(=O)c2ccccc2[C@H](C(=O)NC(C)C)[C@H]1c1ccccc1. The lowest BCUT2D eigenvalue weighted by atomic mass is 9.79. The molecule has 0 radical (unpaired) electrons. The number of ether oxygens (including phenoxy) is 1. The molecule has 2 atom stereocenters. The largest absolute Gasteiger partial charge is 0.383 e. The van der Waals surface area contributed by atoms with E-state index >= 15 is 0 Å². The molecule has 5 nitrogen and oxygen atoms in total. The Kier molecular flexibility index (Phi) is 5.91. The molecule has 0 saturated heterocycles. The third kappa shape index (κ3) is 3.88. The summed E-state index contributed by atoms with van der Waals surface area (Å²) in [5.41, 5.74) is 2.31. The van der Waals surface area contributed by atoms with Gasteiger partial charge in [-0.15, -0.1) is 0 Å². The number of carbonyl (C=O) groups excluding carboxylic acids is 2. The highest BCUT2D eigenvalue weighted by Crippen LogP contribution is 2.42. The highest BCUT2D eigenvalue weighted by molar-refractivity contribution is 6.01. The van der Waals surface area contributed by atoms with Gasteiger partial charge in [-0.1, -0.05) is 48.5 Å². The molecule has 1 aliphatic rings. The molecule has 5 heteroatoms. The van der Waals surface area contributed by atoms with E-state index < -0.39 is 5.92 Å². The molecule has 0 aliphatic carbocycles. The molecule has 0 aromatic heterocycles. The van der Waals surface area contributed by atoms with Crippen LogP contribution in [0.15, 0.2) is 54.6 Å². The van der Waals surface area contributed by atoms with E-state index in [1.165, 1.54) is 0 Å². The van der Waals surface area contributed by atoms with Crippen LogP contribution >= 0.6 is 0 Å². The number of rotatable bonds is 6. The third-order valence-electron chi connectivity index (χ3n) is 4.83. The Balaban J connectivity index is 2.15. The lowest BCUT2D eigenvalue weighted by Crippen LogP contribution is -2.49. The first-order valence-electron chi connectivity index (χ1n) is 9.28. The van der Waals surface area contributed by atoms with Crippen LogP contribution < -0.4 is 5.32 Å². The summed E-state index contributed by atoms with van der Waals surface area (Å²) in [7, 11) is 1.61. The van der Waals surface area contributed by atoms with Crippen LogP contribution in [-0.4, -0.2) is 43.0 Å². The van der Waals surface area contributed by atoms with Crippen LogP contribution in [0.25, 0.3) is 0 Å². The first kappa shape index (κ1) is 19.1. The lowest BCUT2D eigenvalue weighted by Gasteiger charge is -2.42. The Bertz CT molecular complexity index is 804. The van der Waals surface area contributed by atoms with Crippen molar-refractivity contribution < 1.29 is 14.3 Å². The van der Waals surface area contributed by atoms with E-state index in [2.05, 4.69) is 5.32 Å². The standard InChI is InChI=1S/C22H26N2O3/c1-15(2)23-21(25)19-17-11-7-8-12-18(17)22(26)24(13-14-27-3)20(19)16-9-5-4-6-10-16/h4-12,15,19-20H,13-14H2,1-3H3,(H,23,25)/t19-,20+/m0/s1. The fraction of sp³-hybridized carbons (Fsp3) is 0.364. The summed E-state index contributed by atoms with van der Waals surface area (Å²) < 4.78 is 5.23. The van der Waals surface area contributed by atoms with Gasteiger partial charge in [0.15, 0.2) is 0 Å². The number of amides is 2. The molecule has 2 aromatic carbocycles. The number of hydrogen-bond acceptors (Lipinski definition) is 3. The van der Waals surface area contributed by atoms with Crippen molar-refractivity contribution in [1.82, 2.24) is 10.2 Å². The van der Waals surface area contributed by atoms with Crippen molar-refractivity contribution in [2.45, 2.75) is 31.8 Å². The second-order valence-corrected chi connectivity index (χ2v) is 7.08. The molecule has 142 valence electrons. The maximum atomic E-state index is 13.2. The average molecular weight is 366 g/mol. The molecule has 2 amide bonds. The van der Waals surface area contributed by atoms with Gasteiger partial charge >= 0.3 is 0 Å². The van der Waals surface area contributed by atoms with E-state index in [1.54, 1.807) is 18.1 Å². The van der Waals surface area contributed by atoms with Crippen molar-refractivity contribution in [3.8, 4) is 0 Å². The Labute approximate surface area is 160 Å². The van der Waals surface area contributed by atoms with Gasteiger partial charge in [0, 0.05) is 25.3 Å². The predicted octanol–water partition coefficient (Wildman–Crippen LogP) is 3.14. The first-order valence-corrected chi connectivity index (χ1v) is 9.28. The Morgan fingerprint density at radius 2 is 1.78 bits per heavy atom. The number of nitrogens with zero attached hydrogens (tertiary/aromatic N) is 1. The maximum Gasteiger partial charge on any atom is 0.254 e. The minimum atomic E-state index is -0.472. The van der Waals surface area contributed by atoms with E-state index in [4.69, 9.17) is 4.74 Å². The van der Waals surface area contributed by atoms with Crippen molar-refractivity contribution >= 4 is 11.8 Å². The fourth-order valence-electron chi connectivity index (χ4n) is 3.71. The smallest absolute Gasteiger partial charge is 0.254 e. The van der Waals surface area contributed by atoms with Crippen LogP contribution in [0, 0.1) is 0 Å². The highest BCUT2D eigenvalue weighted by atomic mass is 16.5. The van der Waals surface area contributed by atoms with Gasteiger partial charge in [0.1, 0.15) is 0 Å². The summed E-state index contributed by atoms with van der Waals surface area (Å²) in [4.78, 5) is 28.2. The van der Waals surface area contributed by atoms with Crippen LogP contribution in [0.3, 0.4) is 0 Å². The van der Waals surface area contributed by atoms with Gasteiger partial charge < -0.3 is 15.0 Å². The van der Waals surface area contributed by atoms with Gasteiger partial charge in [-0.2, -0.15) is 0 Å². The second kappa shape index (κ2) is 8.35. The van der Waals surface area contributed by atoms with Gasteiger partial charge in [0.05, 0.1) is 18.6 Å². The summed E-state index contributed by atoms with van der Waals surface area (Å²) in [5, 5.41) is 3.04. The molecule has 3 rings (SSSR count). The number of methoxy groups -OCH3 is 1. The van der Waals surface area contributed by atoms with Crippen molar-refractivity contribution in [2.75, 3.05) is 20.3 Å². The zero-order valence-electron chi connectivity index (χ0n) is 16.0. The third-order valence-corrected chi connectivity index (χ3v) is 4.83. The number of nitrogens with one attached hydrogen (secondary N) is 1. The maximum absolute atomic E-state index is 13.2. The Hall–Kier alpha value is -2.66.